The first kappa shape index (κ1) is 20.6. The number of hydrogen-bond donors (Lipinski definition) is 2. The Morgan fingerprint density at radius 3 is 2.76 bits per heavy atom. The Kier molecular flexibility index (Phi) is 11.9. The summed E-state index contributed by atoms with van der Waals surface area (Å²) >= 11 is 1.68. The summed E-state index contributed by atoms with van der Waals surface area (Å²) in [5.74, 6) is 1.31. The third-order valence-corrected chi connectivity index (χ3v) is 3.55. The van der Waals surface area contributed by atoms with E-state index in [1.54, 1.807) is 18.4 Å². The van der Waals surface area contributed by atoms with Crippen LogP contribution in [0.1, 0.15) is 43.8 Å². The van der Waals surface area contributed by atoms with Gasteiger partial charge in [-0.1, -0.05) is 13.8 Å². The van der Waals surface area contributed by atoms with Crippen LogP contribution in [0, 0.1) is 0 Å². The van der Waals surface area contributed by atoms with Crippen molar-refractivity contribution in [3.8, 4) is 0 Å². The number of ether oxygens (including phenoxy) is 1. The minimum Gasteiger partial charge on any atom is -0.385 e. The number of halogens is 1. The maximum absolute atomic E-state index is 5.03. The minimum atomic E-state index is 0. The molecule has 0 atom stereocenters. The second-order valence-electron chi connectivity index (χ2n) is 4.79. The molecule has 1 aromatic rings. The molecule has 0 aromatic carbocycles. The van der Waals surface area contributed by atoms with Crippen molar-refractivity contribution in [2.24, 2.45) is 4.99 Å². The molecule has 0 amide bonds. The molecule has 1 aromatic heterocycles. The van der Waals surface area contributed by atoms with E-state index in [-0.39, 0.29) is 24.0 Å². The van der Waals surface area contributed by atoms with Crippen LogP contribution in [0.25, 0.3) is 0 Å². The molecule has 7 heteroatoms. The third-order valence-electron chi connectivity index (χ3n) is 2.70. The monoisotopic (exact) mass is 426 g/mol. The number of nitrogens with one attached hydrogen (secondary N) is 2. The normalized spacial score (nSPS) is 11.4. The predicted octanol–water partition coefficient (Wildman–Crippen LogP) is 2.98. The standard InChI is InChI=1S/C14H26N4OS.HI/c1-5-15-14(16-7-6-8-19-4)17-9-13-18-12(10-20-13)11(2)3;/h10-11H,5-9H2,1-4H3,(H2,15,16,17);1H. The molecule has 122 valence electrons. The Morgan fingerprint density at radius 1 is 1.43 bits per heavy atom. The zero-order valence-electron chi connectivity index (χ0n) is 13.3. The van der Waals surface area contributed by atoms with E-state index in [1.165, 1.54) is 0 Å². The molecule has 0 fully saturated rings. The Labute approximate surface area is 149 Å². The lowest BCUT2D eigenvalue weighted by atomic mass is 10.2. The third kappa shape index (κ3) is 8.57. The van der Waals surface area contributed by atoms with Gasteiger partial charge in [0, 0.05) is 32.2 Å². The molecule has 21 heavy (non-hydrogen) atoms. The van der Waals surface area contributed by atoms with Crippen molar-refractivity contribution >= 4 is 41.3 Å². The molecule has 0 aliphatic rings. The largest absolute Gasteiger partial charge is 0.385 e. The quantitative estimate of drug-likeness (QED) is 0.291. The molecule has 0 saturated heterocycles. The second-order valence-corrected chi connectivity index (χ2v) is 5.73. The number of guanidine groups is 1. The van der Waals surface area contributed by atoms with Gasteiger partial charge in [-0.2, -0.15) is 0 Å². The molecular weight excluding hydrogens is 399 g/mol. The molecule has 5 nitrogen and oxygen atoms in total. The van der Waals surface area contributed by atoms with E-state index in [0.29, 0.717) is 12.5 Å². The van der Waals surface area contributed by atoms with Crippen LogP contribution in [-0.2, 0) is 11.3 Å². The predicted molar refractivity (Wildman–Crippen MR) is 101 cm³/mol. The van der Waals surface area contributed by atoms with Crippen molar-refractivity contribution in [2.75, 3.05) is 26.8 Å². The van der Waals surface area contributed by atoms with Gasteiger partial charge in [-0.15, -0.1) is 35.3 Å². The average molecular weight is 426 g/mol. The van der Waals surface area contributed by atoms with E-state index in [0.717, 1.165) is 42.8 Å². The SMILES string of the molecule is CCNC(=NCc1nc(C(C)C)cs1)NCCCOC.I. The smallest absolute Gasteiger partial charge is 0.191 e. The number of aromatic nitrogens is 1. The Balaban J connectivity index is 0.00000400. The van der Waals surface area contributed by atoms with Gasteiger partial charge in [0.1, 0.15) is 5.01 Å². The molecule has 0 aliphatic carbocycles. The molecule has 0 spiro atoms. The maximum atomic E-state index is 5.03. The van der Waals surface area contributed by atoms with Crippen LogP contribution in [0.15, 0.2) is 10.4 Å². The summed E-state index contributed by atoms with van der Waals surface area (Å²) in [7, 11) is 1.72. The number of rotatable bonds is 8. The summed E-state index contributed by atoms with van der Waals surface area (Å²) in [6, 6.07) is 0. The summed E-state index contributed by atoms with van der Waals surface area (Å²) in [4.78, 5) is 9.14. The van der Waals surface area contributed by atoms with Gasteiger partial charge >= 0.3 is 0 Å². The lowest BCUT2D eigenvalue weighted by Crippen LogP contribution is -2.38. The van der Waals surface area contributed by atoms with Crippen LogP contribution < -0.4 is 10.6 Å². The molecule has 2 N–H and O–H groups in total. The van der Waals surface area contributed by atoms with Gasteiger partial charge < -0.3 is 15.4 Å². The van der Waals surface area contributed by atoms with Crippen molar-refractivity contribution in [1.29, 1.82) is 0 Å². The van der Waals surface area contributed by atoms with E-state index in [2.05, 4.69) is 46.8 Å². The average Bonchev–Trinajstić information content (AvgIpc) is 2.90. The fourth-order valence-corrected chi connectivity index (χ4v) is 2.45. The lowest BCUT2D eigenvalue weighted by molar-refractivity contribution is 0.195. The zero-order valence-corrected chi connectivity index (χ0v) is 16.5. The van der Waals surface area contributed by atoms with Gasteiger partial charge in [-0.3, -0.25) is 0 Å². The van der Waals surface area contributed by atoms with Crippen molar-refractivity contribution in [3.63, 3.8) is 0 Å². The van der Waals surface area contributed by atoms with Gasteiger partial charge in [-0.25, -0.2) is 9.98 Å². The van der Waals surface area contributed by atoms with Crippen LogP contribution in [0.5, 0.6) is 0 Å². The first-order valence-electron chi connectivity index (χ1n) is 7.12. The summed E-state index contributed by atoms with van der Waals surface area (Å²) in [6.07, 6.45) is 0.968. The second kappa shape index (κ2) is 12.2. The van der Waals surface area contributed by atoms with E-state index >= 15 is 0 Å². The number of hydrogen-bond acceptors (Lipinski definition) is 4. The van der Waals surface area contributed by atoms with Gasteiger partial charge in [0.25, 0.3) is 0 Å². The maximum Gasteiger partial charge on any atom is 0.191 e. The van der Waals surface area contributed by atoms with Crippen molar-refractivity contribution in [1.82, 2.24) is 15.6 Å². The minimum absolute atomic E-state index is 0. The van der Waals surface area contributed by atoms with Gasteiger partial charge in [0.2, 0.25) is 0 Å². The van der Waals surface area contributed by atoms with E-state index < -0.39 is 0 Å². The fraction of sp³-hybridized carbons (Fsp3) is 0.714. The summed E-state index contributed by atoms with van der Waals surface area (Å²) < 4.78 is 5.03. The Bertz CT molecular complexity index is 409. The Hall–Kier alpha value is -0.410. The summed E-state index contributed by atoms with van der Waals surface area (Å²) in [6.45, 7) is 9.47. The van der Waals surface area contributed by atoms with Crippen LogP contribution in [0.3, 0.4) is 0 Å². The van der Waals surface area contributed by atoms with Gasteiger partial charge in [0.15, 0.2) is 5.96 Å². The zero-order chi connectivity index (χ0) is 14.8. The van der Waals surface area contributed by atoms with Gasteiger partial charge in [-0.05, 0) is 19.3 Å². The Morgan fingerprint density at radius 2 is 2.19 bits per heavy atom. The van der Waals surface area contributed by atoms with Crippen molar-refractivity contribution < 1.29 is 4.74 Å². The molecule has 1 rings (SSSR count). The molecule has 0 bridgehead atoms. The van der Waals surface area contributed by atoms with Crippen LogP contribution >= 0.6 is 35.3 Å². The molecule has 0 unspecified atom stereocenters. The highest BCUT2D eigenvalue weighted by Gasteiger charge is 2.05. The van der Waals surface area contributed by atoms with E-state index in [9.17, 15) is 0 Å². The van der Waals surface area contributed by atoms with Crippen molar-refractivity contribution in [3.05, 3.63) is 16.1 Å². The summed E-state index contributed by atoms with van der Waals surface area (Å²) in [5, 5.41) is 9.70. The highest BCUT2D eigenvalue weighted by molar-refractivity contribution is 14.0. The summed E-state index contributed by atoms with van der Waals surface area (Å²) in [5.41, 5.74) is 1.15. The highest BCUT2D eigenvalue weighted by Crippen LogP contribution is 2.18. The first-order valence-corrected chi connectivity index (χ1v) is 8.00. The molecule has 1 heterocycles. The molecule has 0 saturated carbocycles. The van der Waals surface area contributed by atoms with E-state index in [4.69, 9.17) is 4.74 Å². The highest BCUT2D eigenvalue weighted by atomic mass is 127. The lowest BCUT2D eigenvalue weighted by Gasteiger charge is -2.10. The molecule has 0 aliphatic heterocycles. The van der Waals surface area contributed by atoms with E-state index in [1.807, 2.05) is 0 Å². The van der Waals surface area contributed by atoms with Crippen LogP contribution in [0.4, 0.5) is 0 Å². The van der Waals surface area contributed by atoms with Crippen LogP contribution in [0.2, 0.25) is 0 Å². The van der Waals surface area contributed by atoms with Crippen LogP contribution in [-0.4, -0.2) is 37.7 Å². The fourth-order valence-electron chi connectivity index (χ4n) is 1.57. The number of nitrogens with zero attached hydrogens (tertiary/aromatic N) is 2. The molecule has 0 radical (unpaired) electrons. The van der Waals surface area contributed by atoms with Crippen molar-refractivity contribution in [2.45, 2.75) is 39.7 Å². The van der Waals surface area contributed by atoms with Gasteiger partial charge in [0.05, 0.1) is 12.2 Å². The first-order chi connectivity index (χ1) is 9.67. The number of thiazole rings is 1. The number of methoxy groups -OCH3 is 1. The number of aliphatic imine (C=N–C) groups is 1. The topological polar surface area (TPSA) is 58.5 Å². The molecular formula is C14H27IN4OS.